The smallest absolute Gasteiger partial charge is 0.255 e. The molecule has 0 fully saturated rings. The summed E-state index contributed by atoms with van der Waals surface area (Å²) in [5, 5.41) is 25.5. The van der Waals surface area contributed by atoms with E-state index in [4.69, 9.17) is 10.2 Å². The topological polar surface area (TPSA) is 130 Å². The number of hydrogen-bond donors (Lipinski definition) is 4. The summed E-state index contributed by atoms with van der Waals surface area (Å²) in [6, 6.07) is 3.89. The summed E-state index contributed by atoms with van der Waals surface area (Å²) in [5.41, 5.74) is -0.139. The van der Waals surface area contributed by atoms with E-state index in [1.54, 1.807) is 0 Å². The lowest BCUT2D eigenvalue weighted by atomic mass is 10.2. The van der Waals surface area contributed by atoms with Crippen LogP contribution in [0.25, 0.3) is 0 Å². The van der Waals surface area contributed by atoms with Gasteiger partial charge in [0.1, 0.15) is 0 Å². The number of nitrogens with two attached hydrogens (primary N) is 1. The molecule has 8 heteroatoms. The Labute approximate surface area is 97.9 Å². The summed E-state index contributed by atoms with van der Waals surface area (Å²) < 4.78 is 21.2. The molecule has 0 saturated carbocycles. The molecule has 7 nitrogen and oxygen atoms in total. The molecule has 1 rings (SSSR count). The van der Waals surface area contributed by atoms with Gasteiger partial charge in [0, 0.05) is 6.54 Å². The summed E-state index contributed by atoms with van der Waals surface area (Å²) in [7, 11) is -3.65. The van der Waals surface area contributed by atoms with Gasteiger partial charge in [0.15, 0.2) is 11.5 Å². The molecule has 0 radical (unpaired) electrons. The van der Waals surface area contributed by atoms with E-state index in [-0.39, 0.29) is 12.1 Å². The average molecular weight is 260 g/mol. The molecule has 1 aromatic carbocycles. The Morgan fingerprint density at radius 3 is 2.59 bits per heavy atom. The monoisotopic (exact) mass is 260 g/mol. The number of para-hydroxylation sites is 1. The van der Waals surface area contributed by atoms with E-state index in [0.29, 0.717) is 0 Å². The highest BCUT2D eigenvalue weighted by Gasteiger charge is 2.13. The zero-order valence-electron chi connectivity index (χ0n) is 8.75. The lowest BCUT2D eigenvalue weighted by molar-refractivity contribution is 0.0953. The van der Waals surface area contributed by atoms with Crippen LogP contribution in [0.3, 0.4) is 0 Å². The van der Waals surface area contributed by atoms with Gasteiger partial charge in [-0.3, -0.25) is 4.79 Å². The van der Waals surface area contributed by atoms with Crippen molar-refractivity contribution in [2.24, 2.45) is 5.14 Å². The minimum atomic E-state index is -3.65. The zero-order valence-corrected chi connectivity index (χ0v) is 9.57. The lowest BCUT2D eigenvalue weighted by Gasteiger charge is -2.06. The number of phenolic OH excluding ortho intramolecular Hbond substituents is 2. The van der Waals surface area contributed by atoms with Crippen molar-refractivity contribution in [2.45, 2.75) is 0 Å². The Hall–Kier alpha value is -1.80. The van der Waals surface area contributed by atoms with Gasteiger partial charge in [-0.25, -0.2) is 13.6 Å². The Morgan fingerprint density at radius 1 is 1.35 bits per heavy atom. The van der Waals surface area contributed by atoms with E-state index in [1.165, 1.54) is 18.2 Å². The third kappa shape index (κ3) is 3.93. The third-order valence-corrected chi connectivity index (χ3v) is 2.70. The van der Waals surface area contributed by atoms with Crippen LogP contribution in [-0.4, -0.2) is 36.8 Å². The van der Waals surface area contributed by atoms with E-state index >= 15 is 0 Å². The largest absolute Gasteiger partial charge is 0.504 e. The first kappa shape index (κ1) is 13.3. The van der Waals surface area contributed by atoms with Gasteiger partial charge in [-0.05, 0) is 12.1 Å². The van der Waals surface area contributed by atoms with Crippen LogP contribution in [0.4, 0.5) is 0 Å². The van der Waals surface area contributed by atoms with Gasteiger partial charge in [-0.15, -0.1) is 0 Å². The van der Waals surface area contributed by atoms with Crippen LogP contribution in [0.5, 0.6) is 11.5 Å². The molecule has 0 spiro atoms. The molecule has 0 heterocycles. The number of rotatable bonds is 4. The first-order chi connectivity index (χ1) is 7.81. The summed E-state index contributed by atoms with van der Waals surface area (Å²) in [5.74, 6) is -2.08. The number of primary sulfonamides is 1. The van der Waals surface area contributed by atoms with Crippen LogP contribution in [0.15, 0.2) is 18.2 Å². The number of carbonyl (C=O) groups is 1. The maximum atomic E-state index is 11.5. The highest BCUT2D eigenvalue weighted by Crippen LogP contribution is 2.27. The van der Waals surface area contributed by atoms with Crippen LogP contribution in [0.1, 0.15) is 10.4 Å². The van der Waals surface area contributed by atoms with Gasteiger partial charge in [0.05, 0.1) is 11.3 Å². The number of amides is 1. The second-order valence-electron chi connectivity index (χ2n) is 3.30. The molecule has 17 heavy (non-hydrogen) atoms. The number of carbonyl (C=O) groups excluding carboxylic acids is 1. The van der Waals surface area contributed by atoms with Gasteiger partial charge in [0.2, 0.25) is 10.0 Å². The molecular formula is C9H12N2O5S. The van der Waals surface area contributed by atoms with Gasteiger partial charge in [0.25, 0.3) is 5.91 Å². The minimum absolute atomic E-state index is 0.139. The van der Waals surface area contributed by atoms with E-state index < -0.39 is 33.2 Å². The molecule has 0 saturated heterocycles. The minimum Gasteiger partial charge on any atom is -0.504 e. The fraction of sp³-hybridized carbons (Fsp3) is 0.222. The van der Waals surface area contributed by atoms with Crippen LogP contribution >= 0.6 is 0 Å². The lowest BCUT2D eigenvalue weighted by Crippen LogP contribution is -2.31. The van der Waals surface area contributed by atoms with Crippen molar-refractivity contribution >= 4 is 15.9 Å². The molecule has 5 N–H and O–H groups in total. The maximum absolute atomic E-state index is 11.5. The molecule has 1 aromatic rings. The fourth-order valence-electron chi connectivity index (χ4n) is 1.12. The fourth-order valence-corrected chi connectivity index (χ4v) is 1.50. The van der Waals surface area contributed by atoms with Crippen LogP contribution in [0.2, 0.25) is 0 Å². The molecule has 0 bridgehead atoms. The van der Waals surface area contributed by atoms with Gasteiger partial charge in [-0.2, -0.15) is 0 Å². The molecule has 94 valence electrons. The Kier molecular flexibility index (Phi) is 3.92. The quantitative estimate of drug-likeness (QED) is 0.522. The number of sulfonamides is 1. The second kappa shape index (κ2) is 5.02. The van der Waals surface area contributed by atoms with Crippen molar-refractivity contribution in [3.63, 3.8) is 0 Å². The van der Waals surface area contributed by atoms with Crippen molar-refractivity contribution in [2.75, 3.05) is 12.3 Å². The predicted octanol–water partition coefficient (Wildman–Crippen LogP) is -0.884. The van der Waals surface area contributed by atoms with Gasteiger partial charge in [-0.1, -0.05) is 6.07 Å². The van der Waals surface area contributed by atoms with E-state index in [2.05, 4.69) is 5.32 Å². The number of aromatic hydroxyl groups is 2. The molecule has 1 amide bonds. The molecule has 0 aliphatic heterocycles. The second-order valence-corrected chi connectivity index (χ2v) is 5.03. The van der Waals surface area contributed by atoms with Crippen LogP contribution < -0.4 is 10.5 Å². The van der Waals surface area contributed by atoms with Crippen molar-refractivity contribution in [3.05, 3.63) is 23.8 Å². The van der Waals surface area contributed by atoms with Crippen molar-refractivity contribution in [1.82, 2.24) is 5.32 Å². The highest BCUT2D eigenvalue weighted by molar-refractivity contribution is 7.89. The van der Waals surface area contributed by atoms with Crippen LogP contribution in [0, 0.1) is 0 Å². The number of benzene rings is 1. The van der Waals surface area contributed by atoms with E-state index in [9.17, 15) is 18.3 Å². The average Bonchev–Trinajstić information content (AvgIpc) is 2.20. The number of hydrogen-bond acceptors (Lipinski definition) is 5. The van der Waals surface area contributed by atoms with Crippen molar-refractivity contribution < 1.29 is 23.4 Å². The van der Waals surface area contributed by atoms with Crippen molar-refractivity contribution in [3.8, 4) is 11.5 Å². The Balaban J connectivity index is 2.68. The first-order valence-electron chi connectivity index (χ1n) is 4.61. The summed E-state index contributed by atoms with van der Waals surface area (Å²) in [4.78, 5) is 11.5. The summed E-state index contributed by atoms with van der Waals surface area (Å²) >= 11 is 0. The third-order valence-electron chi connectivity index (χ3n) is 1.93. The predicted molar refractivity (Wildman–Crippen MR) is 60.1 cm³/mol. The van der Waals surface area contributed by atoms with E-state index in [1.807, 2.05) is 0 Å². The molecular weight excluding hydrogens is 248 g/mol. The normalized spacial score (nSPS) is 11.1. The Bertz CT molecular complexity index is 526. The highest BCUT2D eigenvalue weighted by atomic mass is 32.2. The van der Waals surface area contributed by atoms with Gasteiger partial charge < -0.3 is 15.5 Å². The summed E-state index contributed by atoms with van der Waals surface area (Å²) in [6.07, 6.45) is 0. The standard InChI is InChI=1S/C9H12N2O5S/c10-17(15,16)5-4-11-9(14)6-2-1-3-7(12)8(6)13/h1-3,12-13H,4-5H2,(H,11,14)(H2,10,15,16). The van der Waals surface area contributed by atoms with Crippen LogP contribution in [-0.2, 0) is 10.0 Å². The molecule has 0 unspecified atom stereocenters. The Morgan fingerprint density at radius 2 is 2.00 bits per heavy atom. The molecule has 0 aliphatic rings. The SMILES string of the molecule is NS(=O)(=O)CCNC(=O)c1cccc(O)c1O. The number of nitrogens with one attached hydrogen (secondary N) is 1. The van der Waals surface area contributed by atoms with Crippen molar-refractivity contribution in [1.29, 1.82) is 0 Å². The number of phenols is 2. The van der Waals surface area contributed by atoms with Gasteiger partial charge >= 0.3 is 0 Å². The zero-order chi connectivity index (χ0) is 13.1. The first-order valence-corrected chi connectivity index (χ1v) is 6.32. The van der Waals surface area contributed by atoms with E-state index in [0.717, 1.165) is 0 Å². The summed E-state index contributed by atoms with van der Waals surface area (Å²) in [6.45, 7) is -0.174. The molecule has 0 atom stereocenters. The maximum Gasteiger partial charge on any atom is 0.255 e. The molecule has 0 aliphatic carbocycles. The molecule has 0 aromatic heterocycles.